The second kappa shape index (κ2) is 9.42. The van der Waals surface area contributed by atoms with Gasteiger partial charge in [0.25, 0.3) is 0 Å². The monoisotopic (exact) mass is 341 g/mol. The summed E-state index contributed by atoms with van der Waals surface area (Å²) < 4.78 is 5.27. The van der Waals surface area contributed by atoms with Crippen LogP contribution in [0, 0.1) is 0 Å². The molecule has 0 saturated heterocycles. The molecule has 0 atom stereocenters. The van der Waals surface area contributed by atoms with Crippen molar-refractivity contribution in [3.8, 4) is 5.75 Å². The Morgan fingerprint density at radius 2 is 1.84 bits per heavy atom. The number of carbonyl (C=O) groups excluding carboxylic acids is 2. The molecule has 1 aromatic carbocycles. The normalized spacial score (nSPS) is 10.2. The first-order chi connectivity index (χ1) is 12.1. The maximum absolute atomic E-state index is 12.1. The van der Waals surface area contributed by atoms with E-state index in [1.54, 1.807) is 26.6 Å². The predicted molar refractivity (Wildman–Crippen MR) is 95.3 cm³/mol. The number of pyridine rings is 1. The lowest BCUT2D eigenvalue weighted by Crippen LogP contribution is -2.42. The topological polar surface area (TPSA) is 71.5 Å². The van der Waals surface area contributed by atoms with Gasteiger partial charge in [0.2, 0.25) is 0 Å². The molecule has 1 aromatic heterocycles. The Kier molecular flexibility index (Phi) is 6.95. The van der Waals surface area contributed by atoms with Crippen LogP contribution in [0.15, 0.2) is 48.8 Å². The highest BCUT2D eigenvalue weighted by atomic mass is 16.5. The van der Waals surface area contributed by atoms with E-state index in [9.17, 15) is 9.59 Å². The van der Waals surface area contributed by atoms with Gasteiger partial charge in [-0.3, -0.25) is 14.6 Å². The van der Waals surface area contributed by atoms with Crippen LogP contribution in [0.25, 0.3) is 0 Å². The second-order valence-electron chi connectivity index (χ2n) is 5.65. The quantitative estimate of drug-likeness (QED) is 0.774. The number of para-hydroxylation sites is 1. The van der Waals surface area contributed by atoms with E-state index in [2.05, 4.69) is 10.3 Å². The van der Waals surface area contributed by atoms with Gasteiger partial charge in [-0.05, 0) is 42.2 Å². The zero-order chi connectivity index (χ0) is 18.1. The Hall–Kier alpha value is -2.89. The number of benzene rings is 1. The Bertz CT molecular complexity index is 704. The van der Waals surface area contributed by atoms with Crippen molar-refractivity contribution < 1.29 is 14.3 Å². The number of methoxy groups -OCH3 is 1. The molecule has 2 aromatic rings. The van der Waals surface area contributed by atoms with Gasteiger partial charge in [-0.2, -0.15) is 0 Å². The third kappa shape index (κ3) is 5.60. The van der Waals surface area contributed by atoms with Crippen LogP contribution in [0.4, 0.5) is 0 Å². The molecular weight excluding hydrogens is 318 g/mol. The molecular formula is C19H23N3O3. The molecule has 6 heteroatoms. The van der Waals surface area contributed by atoms with E-state index < -0.39 is 11.8 Å². The summed E-state index contributed by atoms with van der Waals surface area (Å²) in [5.74, 6) is -0.348. The van der Waals surface area contributed by atoms with Crippen molar-refractivity contribution in [2.75, 3.05) is 27.2 Å². The molecule has 0 fully saturated rings. The number of carbonyl (C=O) groups is 2. The molecule has 0 spiro atoms. The van der Waals surface area contributed by atoms with Gasteiger partial charge < -0.3 is 15.0 Å². The molecule has 6 nitrogen and oxygen atoms in total. The largest absolute Gasteiger partial charge is 0.496 e. The van der Waals surface area contributed by atoms with Crippen LogP contribution in [0.2, 0.25) is 0 Å². The summed E-state index contributed by atoms with van der Waals surface area (Å²) in [5, 5.41) is 2.67. The molecule has 0 saturated carbocycles. The second-order valence-corrected chi connectivity index (χ2v) is 5.65. The summed E-state index contributed by atoms with van der Waals surface area (Å²) in [5.41, 5.74) is 2.06. The number of rotatable bonds is 7. The fourth-order valence-corrected chi connectivity index (χ4v) is 2.42. The minimum Gasteiger partial charge on any atom is -0.496 e. The summed E-state index contributed by atoms with van der Waals surface area (Å²) >= 11 is 0. The number of hydrogen-bond donors (Lipinski definition) is 1. The summed E-state index contributed by atoms with van der Waals surface area (Å²) in [6, 6.07) is 11.4. The molecule has 2 amide bonds. The first-order valence-electron chi connectivity index (χ1n) is 8.16. The summed E-state index contributed by atoms with van der Waals surface area (Å²) in [6.45, 7) is 0.853. The van der Waals surface area contributed by atoms with Crippen LogP contribution < -0.4 is 10.1 Å². The summed E-state index contributed by atoms with van der Waals surface area (Å²) in [6.07, 6.45) is 4.70. The van der Waals surface area contributed by atoms with Gasteiger partial charge in [0.05, 0.1) is 7.11 Å². The molecule has 25 heavy (non-hydrogen) atoms. The van der Waals surface area contributed by atoms with E-state index in [-0.39, 0.29) is 0 Å². The Labute approximate surface area is 147 Å². The number of ether oxygens (including phenoxy) is 1. The molecule has 2 rings (SSSR count). The number of aromatic nitrogens is 1. The van der Waals surface area contributed by atoms with Crippen LogP contribution >= 0.6 is 0 Å². The van der Waals surface area contributed by atoms with E-state index in [4.69, 9.17) is 4.74 Å². The van der Waals surface area contributed by atoms with Gasteiger partial charge in [-0.1, -0.05) is 18.2 Å². The highest BCUT2D eigenvalue weighted by Crippen LogP contribution is 2.17. The van der Waals surface area contributed by atoms with Crippen LogP contribution in [0.5, 0.6) is 5.75 Å². The zero-order valence-electron chi connectivity index (χ0n) is 14.6. The third-order valence-electron chi connectivity index (χ3n) is 3.90. The van der Waals surface area contributed by atoms with Crippen molar-refractivity contribution in [2.24, 2.45) is 0 Å². The molecule has 0 radical (unpaired) electrons. The highest BCUT2D eigenvalue weighted by molar-refractivity contribution is 6.34. The lowest BCUT2D eigenvalue weighted by Gasteiger charge is -2.16. The molecule has 0 unspecified atom stereocenters. The van der Waals surface area contributed by atoms with Crippen LogP contribution in [0.1, 0.15) is 11.1 Å². The zero-order valence-corrected chi connectivity index (χ0v) is 14.6. The number of nitrogens with one attached hydrogen (secondary N) is 1. The average molecular weight is 341 g/mol. The van der Waals surface area contributed by atoms with Gasteiger partial charge in [0, 0.05) is 32.5 Å². The van der Waals surface area contributed by atoms with E-state index >= 15 is 0 Å². The first kappa shape index (κ1) is 18.4. The maximum atomic E-state index is 12.1. The van der Waals surface area contributed by atoms with Gasteiger partial charge in [-0.15, -0.1) is 0 Å². The van der Waals surface area contributed by atoms with E-state index in [1.807, 2.05) is 36.4 Å². The van der Waals surface area contributed by atoms with E-state index in [0.717, 1.165) is 16.9 Å². The maximum Gasteiger partial charge on any atom is 0.311 e. The standard InChI is InChI=1S/C19H23N3O3/c1-22(14-10-15-7-11-20-12-8-15)19(24)18(23)21-13-9-16-5-3-4-6-17(16)25-2/h3-8,11-12H,9-10,13-14H2,1-2H3,(H,21,23). The van der Waals surface area contributed by atoms with Crippen molar-refractivity contribution in [3.05, 3.63) is 59.9 Å². The van der Waals surface area contributed by atoms with Crippen LogP contribution in [-0.2, 0) is 22.4 Å². The van der Waals surface area contributed by atoms with Gasteiger partial charge in [0.1, 0.15) is 5.75 Å². The smallest absolute Gasteiger partial charge is 0.311 e. The lowest BCUT2D eigenvalue weighted by molar-refractivity contribution is -0.144. The number of nitrogens with zero attached hydrogens (tertiary/aromatic N) is 2. The minimum atomic E-state index is -0.591. The van der Waals surface area contributed by atoms with Crippen molar-refractivity contribution in [1.29, 1.82) is 0 Å². The molecule has 0 aliphatic carbocycles. The average Bonchev–Trinajstić information content (AvgIpc) is 2.66. The molecule has 0 bridgehead atoms. The highest BCUT2D eigenvalue weighted by Gasteiger charge is 2.18. The lowest BCUT2D eigenvalue weighted by atomic mass is 10.1. The molecule has 1 heterocycles. The number of likely N-dealkylation sites (N-methyl/N-ethyl adjacent to an activating group) is 1. The minimum absolute atomic E-state index is 0.378. The van der Waals surface area contributed by atoms with E-state index in [0.29, 0.717) is 25.9 Å². The van der Waals surface area contributed by atoms with Crippen molar-refractivity contribution in [3.63, 3.8) is 0 Å². The van der Waals surface area contributed by atoms with Crippen LogP contribution in [-0.4, -0.2) is 48.9 Å². The molecule has 1 N–H and O–H groups in total. The summed E-state index contributed by atoms with van der Waals surface area (Å²) in [7, 11) is 3.24. The van der Waals surface area contributed by atoms with Crippen molar-refractivity contribution in [1.82, 2.24) is 15.2 Å². The number of hydrogen-bond acceptors (Lipinski definition) is 4. The van der Waals surface area contributed by atoms with Gasteiger partial charge in [-0.25, -0.2) is 0 Å². The fourth-order valence-electron chi connectivity index (χ4n) is 2.42. The molecule has 0 aliphatic rings. The van der Waals surface area contributed by atoms with Crippen molar-refractivity contribution >= 4 is 11.8 Å². The van der Waals surface area contributed by atoms with Crippen LogP contribution in [0.3, 0.4) is 0 Å². The predicted octanol–water partition coefficient (Wildman–Crippen LogP) is 1.45. The Morgan fingerprint density at radius 3 is 2.56 bits per heavy atom. The first-order valence-corrected chi connectivity index (χ1v) is 8.16. The number of amides is 2. The Balaban J connectivity index is 1.76. The van der Waals surface area contributed by atoms with E-state index in [1.165, 1.54) is 4.90 Å². The molecule has 0 aliphatic heterocycles. The van der Waals surface area contributed by atoms with Gasteiger partial charge in [0.15, 0.2) is 0 Å². The third-order valence-corrected chi connectivity index (χ3v) is 3.90. The summed E-state index contributed by atoms with van der Waals surface area (Å²) in [4.78, 5) is 29.5. The molecule has 132 valence electrons. The Morgan fingerprint density at radius 1 is 1.12 bits per heavy atom. The van der Waals surface area contributed by atoms with Crippen molar-refractivity contribution in [2.45, 2.75) is 12.8 Å². The fraction of sp³-hybridized carbons (Fsp3) is 0.316. The SMILES string of the molecule is COc1ccccc1CCNC(=O)C(=O)N(C)CCc1ccncc1. The van der Waals surface area contributed by atoms with Gasteiger partial charge >= 0.3 is 11.8 Å².